The number of nitrogens with zero attached hydrogens (tertiary/aromatic N) is 4. The van der Waals surface area contributed by atoms with Crippen molar-refractivity contribution in [1.82, 2.24) is 62.1 Å². The quantitative estimate of drug-likeness (QED) is 0.0435. The summed E-state index contributed by atoms with van der Waals surface area (Å²) in [4.78, 5) is 182. The highest BCUT2D eigenvalue weighted by atomic mass is 16.5. The molecule has 4 fully saturated rings. The second-order valence-corrected chi connectivity index (χ2v) is 31.3. The number of hydrogen-bond donors (Lipinski definition) is 9. The Balaban J connectivity index is 0.000000265. The molecule has 0 spiro atoms. The third-order valence-corrected chi connectivity index (χ3v) is 22.2. The number of fused-ring (bicyclic) bond motifs is 22. The maximum atomic E-state index is 14.6. The summed E-state index contributed by atoms with van der Waals surface area (Å²) in [7, 11) is 6.27. The van der Waals surface area contributed by atoms with Gasteiger partial charge in [-0.1, -0.05) is 150 Å². The zero-order valence-corrected chi connectivity index (χ0v) is 67.8. The molecule has 12 rings (SSSR count). The summed E-state index contributed by atoms with van der Waals surface area (Å²) in [6.07, 6.45) is 10.4. The topological polar surface area (TPSA) is 388 Å². The van der Waals surface area contributed by atoms with Crippen molar-refractivity contribution in [3.8, 4) is 11.5 Å². The Hall–Kier alpha value is -10.3. The fourth-order valence-corrected chi connectivity index (χ4v) is 15.8. The molecule has 630 valence electrons. The van der Waals surface area contributed by atoms with Crippen LogP contribution in [0.3, 0.4) is 0 Å². The third kappa shape index (κ3) is 26.3. The number of carbonyl (C=O) groups is 13. The highest BCUT2D eigenvalue weighted by molar-refractivity contribution is 6.38. The van der Waals surface area contributed by atoms with E-state index in [1.807, 2.05) is 55.5 Å². The lowest BCUT2D eigenvalue weighted by molar-refractivity contribution is -0.144. The molecule has 4 aromatic rings. The Morgan fingerprint density at radius 1 is 0.491 bits per heavy atom. The van der Waals surface area contributed by atoms with Crippen molar-refractivity contribution in [3.63, 3.8) is 0 Å². The first-order valence-corrected chi connectivity index (χ1v) is 41.3. The van der Waals surface area contributed by atoms with Crippen LogP contribution in [0, 0.1) is 11.8 Å². The Labute approximate surface area is 679 Å². The van der Waals surface area contributed by atoms with Crippen molar-refractivity contribution in [2.45, 2.75) is 222 Å². The first-order chi connectivity index (χ1) is 55.9. The minimum atomic E-state index is -1.73. The van der Waals surface area contributed by atoms with Gasteiger partial charge in [0.2, 0.25) is 64.9 Å². The van der Waals surface area contributed by atoms with Crippen molar-refractivity contribution < 1.29 is 86.4 Å². The molecule has 2 aliphatic carbocycles. The van der Waals surface area contributed by atoms with Crippen LogP contribution >= 0.6 is 0 Å². The van der Waals surface area contributed by atoms with Gasteiger partial charge >= 0.3 is 0 Å². The van der Waals surface area contributed by atoms with Crippen LogP contribution in [0.15, 0.2) is 109 Å². The average molecular weight is 1610 g/mol. The van der Waals surface area contributed by atoms with Gasteiger partial charge in [-0.2, -0.15) is 0 Å². The number of aliphatic hydroxyl groups is 1. The number of benzene rings is 4. The molecule has 8 aliphatic rings. The minimum Gasteiger partial charge on any atom is -0.494 e. The Morgan fingerprint density at radius 3 is 1.32 bits per heavy atom. The van der Waals surface area contributed by atoms with Crippen molar-refractivity contribution >= 4 is 76.7 Å². The van der Waals surface area contributed by atoms with Crippen molar-refractivity contribution in [2.75, 3.05) is 80.8 Å². The standard InChI is InChI=1S/C43H60N6O9.C43H58N6O9/c2*1-4-12-33(39(52)41(54)44-26-36(51)47-37(42(55)48(2)3)29-13-7-5-8-14-29)45-40(53)34-25-32-27-49(34)43(56)38(30-15-9-6-10-16-30)46-35(50)22-19-28-17-20-31(21-18-28)57-23-11-24-58-32/h5,7-8,13-14,17-18,20-21,30,32-34,37-39,52H,4,6,9-12,15-16,19,22-27H2,1-3H3,(H,44,54)(H,45,53)(H,46,50)(H,47,51);5,7-8,13-14,17-18,20-21,30,32-34,37-38H,4,6,9-12,15-16,19,22-27H2,1-3H3,(H,44,54)(H,45,53)(H,46,50)(H,47,51)/t32-,33?,34+,37+,38+,39?;32-,33?,34+,37+,38+/m11/s1. The maximum Gasteiger partial charge on any atom is 0.290 e. The summed E-state index contributed by atoms with van der Waals surface area (Å²) in [5.41, 5.74) is 3.05. The zero-order chi connectivity index (χ0) is 83.2. The minimum absolute atomic E-state index is 0.0876. The van der Waals surface area contributed by atoms with Gasteiger partial charge in [0.1, 0.15) is 47.8 Å². The van der Waals surface area contributed by atoms with Crippen LogP contribution in [0.4, 0.5) is 0 Å². The smallest absolute Gasteiger partial charge is 0.290 e. The second kappa shape index (κ2) is 45.3. The van der Waals surface area contributed by atoms with Gasteiger partial charge in [0.15, 0.2) is 6.10 Å². The molecule has 12 amide bonds. The lowest BCUT2D eigenvalue weighted by Gasteiger charge is -2.35. The van der Waals surface area contributed by atoms with E-state index in [2.05, 4.69) is 42.5 Å². The molecule has 6 heterocycles. The normalized spacial score (nSPS) is 22.0. The molecule has 30 heteroatoms. The lowest BCUT2D eigenvalue weighted by Crippen LogP contribution is -2.58. The van der Waals surface area contributed by atoms with Gasteiger partial charge in [0.05, 0.1) is 63.8 Å². The lowest BCUT2D eigenvalue weighted by atomic mass is 9.83. The maximum absolute atomic E-state index is 14.6. The monoisotopic (exact) mass is 1610 g/mol. The Bertz CT molecular complexity index is 3950. The first-order valence-electron chi connectivity index (χ1n) is 41.3. The van der Waals surface area contributed by atoms with Crippen molar-refractivity contribution in [2.24, 2.45) is 11.8 Å². The molecule has 116 heavy (non-hydrogen) atoms. The van der Waals surface area contributed by atoms with Gasteiger partial charge in [-0.25, -0.2) is 0 Å². The zero-order valence-electron chi connectivity index (χ0n) is 67.8. The number of ketones is 1. The number of carbonyl (C=O) groups excluding carboxylic acids is 13. The fourth-order valence-electron chi connectivity index (χ4n) is 15.8. The van der Waals surface area contributed by atoms with E-state index in [1.165, 1.54) is 19.6 Å². The molecule has 30 nitrogen and oxygen atoms in total. The van der Waals surface area contributed by atoms with Gasteiger partial charge in [-0.05, 0) is 110 Å². The summed E-state index contributed by atoms with van der Waals surface area (Å²) >= 11 is 0. The number of likely N-dealkylation sites (N-methyl/N-ethyl adjacent to an activating group) is 2. The van der Waals surface area contributed by atoms with Crippen molar-refractivity contribution in [1.29, 1.82) is 0 Å². The fraction of sp³-hybridized carbons (Fsp3) is 0.570. The van der Waals surface area contributed by atoms with E-state index in [-0.39, 0.29) is 98.9 Å². The van der Waals surface area contributed by atoms with Crippen LogP contribution in [-0.2, 0) is 84.6 Å². The van der Waals surface area contributed by atoms with E-state index in [1.54, 1.807) is 95.8 Å². The highest BCUT2D eigenvalue weighted by Gasteiger charge is 2.48. The molecule has 3 unspecified atom stereocenters. The van der Waals surface area contributed by atoms with E-state index >= 15 is 0 Å². The number of ether oxygens (including phenoxy) is 4. The number of hydrogen-bond acceptors (Lipinski definition) is 18. The number of Topliss-reactive ketones (excluding diaryl/α,β-unsaturated/α-hetero) is 1. The van der Waals surface area contributed by atoms with E-state index in [4.69, 9.17) is 18.9 Å². The van der Waals surface area contributed by atoms with Gasteiger partial charge in [-0.15, -0.1) is 0 Å². The Kier molecular flexibility index (Phi) is 35.0. The molecule has 2 saturated carbocycles. The number of amides is 12. The van der Waals surface area contributed by atoms with Gasteiger partial charge in [-0.3, -0.25) is 62.3 Å². The average Bonchev–Trinajstić information content (AvgIpc) is 1.64. The van der Waals surface area contributed by atoms with E-state index < -0.39 is 121 Å². The largest absolute Gasteiger partial charge is 0.494 e. The summed E-state index contributed by atoms with van der Waals surface area (Å²) < 4.78 is 24.1. The van der Waals surface area contributed by atoms with E-state index in [9.17, 15) is 67.4 Å². The van der Waals surface area contributed by atoms with Gasteiger partial charge in [0.25, 0.3) is 11.8 Å². The number of rotatable bonds is 24. The molecule has 11 atom stereocenters. The van der Waals surface area contributed by atoms with Gasteiger partial charge in [0, 0.05) is 79.8 Å². The molecule has 9 N–H and O–H groups in total. The van der Waals surface area contributed by atoms with Crippen LogP contribution in [0.2, 0.25) is 0 Å². The highest BCUT2D eigenvalue weighted by Crippen LogP contribution is 2.34. The first kappa shape index (κ1) is 89.6. The van der Waals surface area contributed by atoms with Crippen LogP contribution < -0.4 is 52.0 Å². The SMILES string of the molecule is CCCC(NC(=O)[C@@H]1C[C@@H]2CN1C(=O)[C@H](C1CCCCC1)NC(=O)CCc1ccc(cc1)OCCCO2)C(=O)C(=O)NCC(=O)N[C@H](C(=O)N(C)C)c1ccccc1.CCCC(NC(=O)[C@@H]1C[C@@H]2CN1C(=O)[C@H](C1CCCCC1)NC(=O)CCc1ccc(cc1)OCCCO2)C(O)C(=O)NCC(=O)N[C@H](C(=O)N(C)C)c1ccccc1. The number of aryl methyl sites for hydroxylation is 2. The summed E-state index contributed by atoms with van der Waals surface area (Å²) in [6.45, 7) is 4.24. The second-order valence-electron chi connectivity index (χ2n) is 31.3. The number of nitrogens with one attached hydrogen (secondary N) is 8. The molecule has 2 saturated heterocycles. The van der Waals surface area contributed by atoms with Crippen LogP contribution in [0.5, 0.6) is 11.5 Å². The molecular weight excluding hydrogens is 1490 g/mol. The van der Waals surface area contributed by atoms with Gasteiger partial charge < -0.3 is 86.2 Å². The Morgan fingerprint density at radius 2 is 0.905 bits per heavy atom. The summed E-state index contributed by atoms with van der Waals surface area (Å²) in [5.74, 6) is -6.15. The third-order valence-electron chi connectivity index (χ3n) is 22.2. The van der Waals surface area contributed by atoms with E-state index in [0.717, 1.165) is 81.1 Å². The molecule has 6 aliphatic heterocycles. The number of aliphatic hydroxyl groups excluding tert-OH is 1. The van der Waals surface area contributed by atoms with E-state index in [0.29, 0.717) is 81.8 Å². The molecule has 0 radical (unpaired) electrons. The van der Waals surface area contributed by atoms with Crippen LogP contribution in [0.1, 0.15) is 177 Å². The molecule has 0 aromatic heterocycles. The molecule has 8 bridgehead atoms. The van der Waals surface area contributed by atoms with Crippen LogP contribution in [0.25, 0.3) is 0 Å². The predicted octanol–water partition coefficient (Wildman–Crippen LogP) is 4.53. The van der Waals surface area contributed by atoms with Crippen molar-refractivity contribution in [3.05, 3.63) is 131 Å². The summed E-state index contributed by atoms with van der Waals surface area (Å²) in [5, 5.41) is 32.9. The predicted molar refractivity (Wildman–Crippen MR) is 429 cm³/mol. The molecule has 4 aromatic carbocycles. The summed E-state index contributed by atoms with van der Waals surface area (Å²) in [6, 6.07) is 24.6. The molecular formula is C86H118N12O18. The van der Waals surface area contributed by atoms with Crippen LogP contribution in [-0.4, -0.2) is 237 Å².